The Kier molecular flexibility index (Phi) is 4.14. The van der Waals surface area contributed by atoms with Crippen molar-refractivity contribution in [3.05, 3.63) is 34.7 Å². The lowest BCUT2D eigenvalue weighted by atomic mass is 10.1. The first-order valence-electron chi connectivity index (χ1n) is 4.51. The molecule has 84 valence electrons. The molecule has 0 saturated carbocycles. The second-order valence-electron chi connectivity index (χ2n) is 3.10. The van der Waals surface area contributed by atoms with Crippen molar-refractivity contribution < 1.29 is 14.7 Å². The molecule has 1 aromatic carbocycles. The summed E-state index contributed by atoms with van der Waals surface area (Å²) >= 11 is 0. The largest absolute Gasteiger partial charge is 0.481 e. The number of hydrogen-bond acceptors (Lipinski definition) is 4. The summed E-state index contributed by atoms with van der Waals surface area (Å²) in [6.45, 7) is -0.434. The number of carboxylic acid groups (broad SMARTS) is 1. The molecule has 1 amide bonds. The van der Waals surface area contributed by atoms with Crippen LogP contribution in [0.5, 0.6) is 0 Å². The minimum Gasteiger partial charge on any atom is -0.481 e. The van der Waals surface area contributed by atoms with Gasteiger partial charge in [-0.05, 0) is 17.7 Å². The highest BCUT2D eigenvalue weighted by Crippen LogP contribution is 2.09. The fourth-order valence-corrected chi connectivity index (χ4v) is 1.14. The molecule has 0 unspecified atom stereocenters. The van der Waals surface area contributed by atoms with Gasteiger partial charge in [0, 0.05) is 5.69 Å². The number of carbonyl (C=O) groups is 2. The standard InChI is InChI=1S/C10H10N2O4/c13-9(6-11-16)12-8-3-1-7(2-4-8)5-10(14)15/h1-4H,5-6H2,(H,12,13)(H,14,15). The highest BCUT2D eigenvalue weighted by molar-refractivity contribution is 5.92. The topological polar surface area (TPSA) is 95.8 Å². The van der Waals surface area contributed by atoms with Crippen LogP contribution in [-0.4, -0.2) is 23.5 Å². The van der Waals surface area contributed by atoms with E-state index in [1.165, 1.54) is 0 Å². The Hall–Kier alpha value is -2.24. The van der Waals surface area contributed by atoms with Crippen LogP contribution in [0.1, 0.15) is 5.56 Å². The van der Waals surface area contributed by atoms with E-state index in [0.717, 1.165) is 0 Å². The molecule has 0 radical (unpaired) electrons. The van der Waals surface area contributed by atoms with E-state index in [1.807, 2.05) is 0 Å². The van der Waals surface area contributed by atoms with E-state index in [0.29, 0.717) is 11.3 Å². The fourth-order valence-electron chi connectivity index (χ4n) is 1.14. The Bertz CT molecular complexity index is 400. The average molecular weight is 222 g/mol. The second kappa shape index (κ2) is 5.59. The molecule has 0 heterocycles. The Morgan fingerprint density at radius 3 is 2.38 bits per heavy atom. The first-order valence-corrected chi connectivity index (χ1v) is 4.51. The van der Waals surface area contributed by atoms with Crippen LogP contribution in [0.3, 0.4) is 0 Å². The molecule has 1 rings (SSSR count). The van der Waals surface area contributed by atoms with Gasteiger partial charge in [0.25, 0.3) is 0 Å². The first kappa shape index (κ1) is 11.8. The molecule has 0 saturated heterocycles. The van der Waals surface area contributed by atoms with Crippen LogP contribution in [0.2, 0.25) is 0 Å². The molecule has 0 fully saturated rings. The highest BCUT2D eigenvalue weighted by atomic mass is 16.4. The van der Waals surface area contributed by atoms with E-state index in [9.17, 15) is 14.5 Å². The quantitative estimate of drug-likeness (QED) is 0.727. The van der Waals surface area contributed by atoms with Crippen molar-refractivity contribution in [1.82, 2.24) is 0 Å². The maximum absolute atomic E-state index is 11.0. The number of nitroso groups, excluding NO2 is 1. The number of amides is 1. The predicted molar refractivity (Wildman–Crippen MR) is 57.1 cm³/mol. The van der Waals surface area contributed by atoms with Crippen LogP contribution in [0.15, 0.2) is 29.4 Å². The van der Waals surface area contributed by atoms with Crippen molar-refractivity contribution in [2.75, 3.05) is 11.9 Å². The summed E-state index contributed by atoms with van der Waals surface area (Å²) in [6, 6.07) is 6.33. The van der Waals surface area contributed by atoms with Gasteiger partial charge < -0.3 is 10.4 Å². The fraction of sp³-hybridized carbons (Fsp3) is 0.200. The molecule has 0 bridgehead atoms. The number of anilines is 1. The molecule has 0 aliphatic heterocycles. The van der Waals surface area contributed by atoms with Crippen molar-refractivity contribution >= 4 is 17.6 Å². The lowest BCUT2D eigenvalue weighted by Gasteiger charge is -2.03. The number of carbonyl (C=O) groups excluding carboxylic acids is 1. The second-order valence-corrected chi connectivity index (χ2v) is 3.10. The lowest BCUT2D eigenvalue weighted by molar-refractivity contribution is -0.136. The third-order valence-electron chi connectivity index (χ3n) is 1.80. The molecule has 6 nitrogen and oxygen atoms in total. The number of benzene rings is 1. The van der Waals surface area contributed by atoms with Crippen LogP contribution in [-0.2, 0) is 16.0 Å². The third kappa shape index (κ3) is 3.87. The van der Waals surface area contributed by atoms with Gasteiger partial charge in [-0.2, -0.15) is 4.91 Å². The SMILES string of the molecule is O=NCC(=O)Nc1ccc(CC(=O)O)cc1. The van der Waals surface area contributed by atoms with Crippen LogP contribution >= 0.6 is 0 Å². The van der Waals surface area contributed by atoms with Crippen molar-refractivity contribution in [2.24, 2.45) is 5.18 Å². The summed E-state index contributed by atoms with van der Waals surface area (Å²) in [7, 11) is 0. The summed E-state index contributed by atoms with van der Waals surface area (Å²) in [5.41, 5.74) is 1.14. The number of rotatable bonds is 5. The minimum atomic E-state index is -0.915. The Labute approximate surface area is 91.3 Å². The molecule has 6 heteroatoms. The minimum absolute atomic E-state index is 0.0654. The van der Waals surface area contributed by atoms with Crippen molar-refractivity contribution in [3.8, 4) is 0 Å². The predicted octanol–water partition coefficient (Wildman–Crippen LogP) is 1.02. The number of carboxylic acids is 1. The zero-order valence-electron chi connectivity index (χ0n) is 8.34. The molecular formula is C10H10N2O4. The molecular weight excluding hydrogens is 212 g/mol. The van der Waals surface area contributed by atoms with Gasteiger partial charge in [-0.15, -0.1) is 0 Å². The van der Waals surface area contributed by atoms with Gasteiger partial charge >= 0.3 is 5.97 Å². The zero-order valence-corrected chi connectivity index (χ0v) is 8.34. The van der Waals surface area contributed by atoms with Crippen LogP contribution in [0, 0.1) is 4.91 Å². The van der Waals surface area contributed by atoms with Gasteiger partial charge in [0.15, 0.2) is 6.54 Å². The normalized spacial score (nSPS) is 9.50. The number of nitrogens with zero attached hydrogens (tertiary/aromatic N) is 1. The molecule has 2 N–H and O–H groups in total. The molecule has 1 aromatic rings. The summed E-state index contributed by atoms with van der Waals surface area (Å²) in [5, 5.41) is 13.4. The maximum Gasteiger partial charge on any atom is 0.307 e. The van der Waals surface area contributed by atoms with E-state index in [1.54, 1.807) is 24.3 Å². The van der Waals surface area contributed by atoms with E-state index in [4.69, 9.17) is 5.11 Å². The molecule has 0 aliphatic carbocycles. The van der Waals surface area contributed by atoms with Crippen molar-refractivity contribution in [3.63, 3.8) is 0 Å². The van der Waals surface area contributed by atoms with Crippen molar-refractivity contribution in [1.29, 1.82) is 0 Å². The Balaban J connectivity index is 2.60. The monoisotopic (exact) mass is 222 g/mol. The average Bonchev–Trinajstić information content (AvgIpc) is 2.20. The van der Waals surface area contributed by atoms with E-state index < -0.39 is 18.4 Å². The van der Waals surface area contributed by atoms with Gasteiger partial charge in [0.2, 0.25) is 5.91 Å². The summed E-state index contributed by atoms with van der Waals surface area (Å²) in [6.07, 6.45) is -0.0654. The maximum atomic E-state index is 11.0. The third-order valence-corrected chi connectivity index (χ3v) is 1.80. The molecule has 0 atom stereocenters. The van der Waals surface area contributed by atoms with Crippen LogP contribution in [0.25, 0.3) is 0 Å². The van der Waals surface area contributed by atoms with Crippen molar-refractivity contribution in [2.45, 2.75) is 6.42 Å². The van der Waals surface area contributed by atoms with Gasteiger partial charge in [0.1, 0.15) is 0 Å². The summed E-state index contributed by atoms with van der Waals surface area (Å²) < 4.78 is 0. The summed E-state index contributed by atoms with van der Waals surface area (Å²) in [5.74, 6) is -1.41. The molecule has 16 heavy (non-hydrogen) atoms. The first-order chi connectivity index (χ1) is 7.61. The van der Waals surface area contributed by atoms with Gasteiger partial charge in [-0.25, -0.2) is 0 Å². The lowest BCUT2D eigenvalue weighted by Crippen LogP contribution is -2.14. The van der Waals surface area contributed by atoms with E-state index in [2.05, 4.69) is 10.5 Å². The molecule has 0 aromatic heterocycles. The van der Waals surface area contributed by atoms with Crippen LogP contribution in [0.4, 0.5) is 5.69 Å². The van der Waals surface area contributed by atoms with Gasteiger partial charge in [0.05, 0.1) is 6.42 Å². The smallest absolute Gasteiger partial charge is 0.307 e. The highest BCUT2D eigenvalue weighted by Gasteiger charge is 2.03. The Morgan fingerprint density at radius 1 is 1.25 bits per heavy atom. The number of nitrogens with one attached hydrogen (secondary N) is 1. The van der Waals surface area contributed by atoms with Gasteiger partial charge in [-0.3, -0.25) is 9.59 Å². The summed E-state index contributed by atoms with van der Waals surface area (Å²) in [4.78, 5) is 31.2. The number of hydrogen-bond donors (Lipinski definition) is 2. The zero-order chi connectivity index (χ0) is 12.0. The number of aliphatic carboxylic acids is 1. The molecule has 0 aliphatic rings. The van der Waals surface area contributed by atoms with Crippen LogP contribution < -0.4 is 5.32 Å². The van der Waals surface area contributed by atoms with Gasteiger partial charge in [-0.1, -0.05) is 17.3 Å². The van der Waals surface area contributed by atoms with E-state index in [-0.39, 0.29) is 6.42 Å². The Morgan fingerprint density at radius 2 is 1.88 bits per heavy atom. The molecule has 0 spiro atoms. The van der Waals surface area contributed by atoms with E-state index >= 15 is 0 Å².